The zero-order chi connectivity index (χ0) is 12.5. The molecule has 0 saturated carbocycles. The molecular weight excluding hydrogens is 242 g/mol. The van der Waals surface area contributed by atoms with Crippen molar-refractivity contribution in [3.05, 3.63) is 12.4 Å². The molecule has 0 amide bonds. The zero-order valence-corrected chi connectivity index (χ0v) is 10.8. The highest BCUT2D eigenvalue weighted by Crippen LogP contribution is 2.23. The average Bonchev–Trinajstić information content (AvgIpc) is 2.82. The minimum atomic E-state index is -3.27. The number of aromatic nitrogens is 3. The first-order chi connectivity index (χ1) is 8.01. The lowest BCUT2D eigenvalue weighted by Gasteiger charge is -2.32. The molecule has 8 heteroatoms. The molecule has 0 radical (unpaired) electrons. The molecule has 96 valence electrons. The second kappa shape index (κ2) is 4.71. The molecule has 1 aliphatic heterocycles. The third-order valence-corrected chi connectivity index (χ3v) is 4.97. The SMILES string of the molecule is CN(C)S(=O)(=O)N1CCC(n2ccnn2)CC1. The van der Waals surface area contributed by atoms with Crippen LogP contribution in [0.5, 0.6) is 0 Å². The molecular formula is C9H17N5O2S. The maximum absolute atomic E-state index is 11.9. The van der Waals surface area contributed by atoms with Gasteiger partial charge in [-0.3, -0.25) is 0 Å². The quantitative estimate of drug-likeness (QED) is 0.748. The molecule has 17 heavy (non-hydrogen) atoms. The van der Waals surface area contributed by atoms with Crippen LogP contribution in [0.15, 0.2) is 12.4 Å². The molecule has 1 aliphatic rings. The molecule has 0 aliphatic carbocycles. The standard InChI is InChI=1S/C9H17N5O2S/c1-12(2)17(15,16)13-6-3-9(4-7-13)14-8-5-10-11-14/h5,8-9H,3-4,6-7H2,1-2H3. The molecule has 2 rings (SSSR count). The first kappa shape index (κ1) is 12.5. The van der Waals surface area contributed by atoms with E-state index in [9.17, 15) is 8.42 Å². The molecule has 1 aromatic rings. The number of nitrogens with zero attached hydrogens (tertiary/aromatic N) is 5. The molecule has 1 aromatic heterocycles. The largest absolute Gasteiger partial charge is 0.281 e. The van der Waals surface area contributed by atoms with Crippen LogP contribution < -0.4 is 0 Å². The summed E-state index contributed by atoms with van der Waals surface area (Å²) >= 11 is 0. The van der Waals surface area contributed by atoms with Crippen LogP contribution in [0.1, 0.15) is 18.9 Å². The van der Waals surface area contributed by atoms with Crippen molar-refractivity contribution in [3.8, 4) is 0 Å². The predicted octanol–water partition coefficient (Wildman–Crippen LogP) is -0.279. The first-order valence-electron chi connectivity index (χ1n) is 5.55. The Morgan fingerprint density at radius 1 is 1.29 bits per heavy atom. The molecule has 1 saturated heterocycles. The van der Waals surface area contributed by atoms with Gasteiger partial charge in [0, 0.05) is 33.4 Å². The van der Waals surface area contributed by atoms with E-state index in [0.717, 1.165) is 12.8 Å². The highest BCUT2D eigenvalue weighted by Gasteiger charge is 2.30. The van der Waals surface area contributed by atoms with Gasteiger partial charge in [0.15, 0.2) is 0 Å². The van der Waals surface area contributed by atoms with Crippen LogP contribution in [-0.4, -0.2) is 59.2 Å². The Kier molecular flexibility index (Phi) is 3.45. The Bertz CT molecular complexity index is 448. The number of rotatable bonds is 3. The van der Waals surface area contributed by atoms with Crippen LogP contribution in [-0.2, 0) is 10.2 Å². The van der Waals surface area contributed by atoms with Gasteiger partial charge in [0.25, 0.3) is 10.2 Å². The van der Waals surface area contributed by atoms with Gasteiger partial charge in [-0.25, -0.2) is 4.68 Å². The fourth-order valence-electron chi connectivity index (χ4n) is 1.98. The van der Waals surface area contributed by atoms with Crippen molar-refractivity contribution in [1.29, 1.82) is 0 Å². The summed E-state index contributed by atoms with van der Waals surface area (Å²) in [7, 11) is -0.162. The van der Waals surface area contributed by atoms with Crippen molar-refractivity contribution in [3.63, 3.8) is 0 Å². The van der Waals surface area contributed by atoms with E-state index in [4.69, 9.17) is 0 Å². The molecule has 0 spiro atoms. The van der Waals surface area contributed by atoms with Crippen molar-refractivity contribution in [2.45, 2.75) is 18.9 Å². The maximum Gasteiger partial charge on any atom is 0.281 e. The van der Waals surface area contributed by atoms with E-state index in [2.05, 4.69) is 10.3 Å². The smallest absolute Gasteiger partial charge is 0.249 e. The lowest BCUT2D eigenvalue weighted by Crippen LogP contribution is -2.44. The molecule has 0 unspecified atom stereocenters. The Morgan fingerprint density at radius 2 is 1.94 bits per heavy atom. The van der Waals surface area contributed by atoms with Gasteiger partial charge in [-0.05, 0) is 12.8 Å². The van der Waals surface area contributed by atoms with Crippen molar-refractivity contribution in [2.75, 3.05) is 27.2 Å². The van der Waals surface area contributed by atoms with E-state index in [1.165, 1.54) is 8.61 Å². The summed E-state index contributed by atoms with van der Waals surface area (Å²) in [5.41, 5.74) is 0. The summed E-state index contributed by atoms with van der Waals surface area (Å²) in [4.78, 5) is 0. The second-order valence-corrected chi connectivity index (χ2v) is 6.45. The van der Waals surface area contributed by atoms with Crippen LogP contribution in [0, 0.1) is 0 Å². The van der Waals surface area contributed by atoms with Crippen LogP contribution in [0.3, 0.4) is 0 Å². The number of hydrogen-bond acceptors (Lipinski definition) is 4. The lowest BCUT2D eigenvalue weighted by atomic mass is 10.1. The summed E-state index contributed by atoms with van der Waals surface area (Å²) in [6.45, 7) is 1.07. The summed E-state index contributed by atoms with van der Waals surface area (Å²) in [6.07, 6.45) is 5.01. The average molecular weight is 259 g/mol. The van der Waals surface area contributed by atoms with E-state index >= 15 is 0 Å². The molecule has 2 heterocycles. The van der Waals surface area contributed by atoms with Crippen LogP contribution in [0.25, 0.3) is 0 Å². The van der Waals surface area contributed by atoms with E-state index in [1.54, 1.807) is 25.0 Å². The summed E-state index contributed by atoms with van der Waals surface area (Å²) in [6, 6.07) is 0.256. The van der Waals surface area contributed by atoms with E-state index in [-0.39, 0.29) is 6.04 Å². The minimum Gasteiger partial charge on any atom is -0.249 e. The number of hydrogen-bond donors (Lipinski definition) is 0. The summed E-state index contributed by atoms with van der Waals surface area (Å²) in [5.74, 6) is 0. The van der Waals surface area contributed by atoms with Crippen molar-refractivity contribution >= 4 is 10.2 Å². The Morgan fingerprint density at radius 3 is 2.41 bits per heavy atom. The predicted molar refractivity (Wildman–Crippen MR) is 62.5 cm³/mol. The van der Waals surface area contributed by atoms with Crippen molar-refractivity contribution < 1.29 is 8.42 Å². The fraction of sp³-hybridized carbons (Fsp3) is 0.778. The van der Waals surface area contributed by atoms with Crippen molar-refractivity contribution in [2.24, 2.45) is 0 Å². The Hall–Kier alpha value is -0.990. The van der Waals surface area contributed by atoms with Gasteiger partial charge in [0.2, 0.25) is 0 Å². The topological polar surface area (TPSA) is 71.3 Å². The number of piperidine rings is 1. The third kappa shape index (κ3) is 2.48. The first-order valence-corrected chi connectivity index (χ1v) is 6.95. The molecule has 0 bridgehead atoms. The molecule has 0 atom stereocenters. The summed E-state index contributed by atoms with van der Waals surface area (Å²) < 4.78 is 28.4. The highest BCUT2D eigenvalue weighted by atomic mass is 32.2. The minimum absolute atomic E-state index is 0.256. The van der Waals surface area contributed by atoms with Gasteiger partial charge in [-0.2, -0.15) is 17.0 Å². The molecule has 1 fully saturated rings. The van der Waals surface area contributed by atoms with Crippen LogP contribution in [0.2, 0.25) is 0 Å². The van der Waals surface area contributed by atoms with Crippen LogP contribution >= 0.6 is 0 Å². The van der Waals surface area contributed by atoms with Crippen molar-refractivity contribution in [1.82, 2.24) is 23.6 Å². The summed E-state index contributed by atoms with van der Waals surface area (Å²) in [5, 5.41) is 7.72. The third-order valence-electron chi connectivity index (χ3n) is 3.03. The lowest BCUT2D eigenvalue weighted by molar-refractivity contribution is 0.249. The second-order valence-electron chi connectivity index (χ2n) is 4.30. The Balaban J connectivity index is 1.99. The highest BCUT2D eigenvalue weighted by molar-refractivity contribution is 7.86. The van der Waals surface area contributed by atoms with Gasteiger partial charge >= 0.3 is 0 Å². The normalized spacial score (nSPS) is 19.9. The zero-order valence-electron chi connectivity index (χ0n) is 10.0. The van der Waals surface area contributed by atoms with E-state index in [0.29, 0.717) is 13.1 Å². The van der Waals surface area contributed by atoms with E-state index < -0.39 is 10.2 Å². The van der Waals surface area contributed by atoms with Gasteiger partial charge < -0.3 is 0 Å². The van der Waals surface area contributed by atoms with Gasteiger partial charge in [-0.1, -0.05) is 5.21 Å². The van der Waals surface area contributed by atoms with Gasteiger partial charge in [0.1, 0.15) is 0 Å². The molecule has 0 aromatic carbocycles. The van der Waals surface area contributed by atoms with Gasteiger partial charge in [-0.15, -0.1) is 5.10 Å². The van der Waals surface area contributed by atoms with Crippen LogP contribution in [0.4, 0.5) is 0 Å². The maximum atomic E-state index is 11.9. The van der Waals surface area contributed by atoms with Gasteiger partial charge in [0.05, 0.1) is 12.2 Å². The monoisotopic (exact) mass is 259 g/mol. The molecule has 7 nitrogen and oxygen atoms in total. The molecule has 0 N–H and O–H groups in total. The Labute approximate surface area is 101 Å². The van der Waals surface area contributed by atoms with E-state index in [1.807, 2.05) is 6.20 Å². The fourth-order valence-corrected chi connectivity index (χ4v) is 3.11.